The Labute approximate surface area is 842 Å². The van der Waals surface area contributed by atoms with Crippen LogP contribution in [0.3, 0.4) is 0 Å². The van der Waals surface area contributed by atoms with E-state index in [-0.39, 0.29) is 18.3 Å². The van der Waals surface area contributed by atoms with Crippen LogP contribution in [-0.2, 0) is 26.2 Å². The number of H-pyrrole nitrogens is 8. The van der Waals surface area contributed by atoms with Crippen LogP contribution in [0.4, 0.5) is 11.4 Å². The number of nitrogens with zero attached hydrogens (tertiary/aromatic N) is 22. The highest BCUT2D eigenvalue weighted by atomic mass is 16.3. The molecular weight excluding hydrogens is 1830 g/mol. The Morgan fingerprint density at radius 2 is 0.596 bits per heavy atom. The first kappa shape index (κ1) is 93.4. The lowest BCUT2D eigenvalue weighted by molar-refractivity contribution is 0.0792. The van der Waals surface area contributed by atoms with Crippen LogP contribution >= 0.6 is 0 Å². The fourth-order valence-electron chi connectivity index (χ4n) is 22.1. The summed E-state index contributed by atoms with van der Waals surface area (Å²) < 4.78 is 0. The summed E-state index contributed by atoms with van der Waals surface area (Å²) >= 11 is 0. The lowest BCUT2D eigenvalue weighted by atomic mass is 9.83. The maximum absolute atomic E-state index is 9.93. The Kier molecular flexibility index (Phi) is 26.7. The van der Waals surface area contributed by atoms with Crippen molar-refractivity contribution in [1.29, 1.82) is 0 Å². The van der Waals surface area contributed by atoms with E-state index in [1.54, 1.807) is 0 Å². The number of fused-ring (bicyclic) bond motifs is 8. The Morgan fingerprint density at radius 1 is 0.288 bits per heavy atom. The molecule has 2 saturated carbocycles. The van der Waals surface area contributed by atoms with Crippen molar-refractivity contribution >= 4 is 99.1 Å². The van der Waals surface area contributed by atoms with Crippen LogP contribution in [0.1, 0.15) is 135 Å². The van der Waals surface area contributed by atoms with E-state index in [1.807, 2.05) is 99.1 Å². The molecule has 0 unspecified atom stereocenters. The van der Waals surface area contributed by atoms with Gasteiger partial charge >= 0.3 is 0 Å². The average Bonchev–Trinajstić information content (AvgIpc) is 1.62. The van der Waals surface area contributed by atoms with Crippen molar-refractivity contribution in [1.82, 2.24) is 151 Å². The molecule has 4 aromatic carbocycles. The summed E-state index contributed by atoms with van der Waals surface area (Å²) in [7, 11) is 4.12. The number of rotatable bonds is 20. The van der Waals surface area contributed by atoms with Crippen LogP contribution in [0.25, 0.3) is 178 Å². The standard InChI is InChI=1S/C28H31N9O.C28H31N9.C28H29N7O.C27H29N7O/c38-21-3-7-36(8-4-21)17-18-11-20(14-30-13-18)19-1-2-23-22(12-19)26(35-34-23)28-32-24-15-31-16-25(27(24)33-28)37-9-5-29-6-10-37;1-2-8-36(9-3-1)18-19-12-21(15-30-14-19)20-4-5-23-22(13-20)26(35-34-23)28-32-24-16-31-17-25(27(24)33-28)37-10-6-29-7-11-37;36-21-5-2-18(3-6-21)23-14-30-15-25-26(23)32-28(31-25)27-22-11-19(4-7-24(22)33-34-27)20-10-17(12-29-13-20)16-35-8-1-9-35;1-34(2)15-16-9-19(12-28-11-16)18-5-8-23-21(10-18)26(33-32-23)27-30-24-14-29-13-22(25(24)31-27)17-3-6-20(35)7-4-17/h1-2,11-16,21,29,38H,3-10,17H2,(H,32,33)(H,34,35);4-5,12-17,29H,1-3,6-11,18H2,(H,32,33)(H,34,35);4,7,10-15,18,21,36H,1-3,5-6,8-9,16H2,(H,31,32)(H,33,34);5,8-14,17,20,35H,3-4,6-7,15H2,1-2H3,(H,30,31)(H,32,33). The van der Waals surface area contributed by atoms with Crippen molar-refractivity contribution in [2.24, 2.45) is 0 Å². The van der Waals surface area contributed by atoms with Crippen molar-refractivity contribution < 1.29 is 15.3 Å². The van der Waals surface area contributed by atoms with Crippen molar-refractivity contribution in [3.63, 3.8) is 0 Å². The van der Waals surface area contributed by atoms with Gasteiger partial charge in [0.1, 0.15) is 33.8 Å². The van der Waals surface area contributed by atoms with E-state index in [2.05, 4.69) is 252 Å². The van der Waals surface area contributed by atoms with E-state index >= 15 is 0 Å². The Morgan fingerprint density at radius 3 is 0.945 bits per heavy atom. The molecule has 742 valence electrons. The first-order valence-corrected chi connectivity index (χ1v) is 51.6. The number of aromatic nitrogens is 24. The smallest absolute Gasteiger partial charge is 0.159 e. The van der Waals surface area contributed by atoms with Gasteiger partial charge in [0.05, 0.1) is 122 Å². The molecule has 146 heavy (non-hydrogen) atoms. The highest BCUT2D eigenvalue weighted by Crippen LogP contribution is 2.43. The molecule has 13 N–H and O–H groups in total. The topological polar surface area (TPSA) is 437 Å². The third-order valence-electron chi connectivity index (χ3n) is 30.1. The molecule has 0 amide bonds. The minimum atomic E-state index is -0.184. The number of benzene rings is 4. The van der Waals surface area contributed by atoms with Gasteiger partial charge in [-0.15, -0.1) is 0 Å². The average molecular weight is 1950 g/mol. The van der Waals surface area contributed by atoms with Crippen LogP contribution in [0.2, 0.25) is 0 Å². The summed E-state index contributed by atoms with van der Waals surface area (Å²) in [6.45, 7) is 17.7. The molecule has 20 aromatic rings. The molecule has 5 aliphatic heterocycles. The van der Waals surface area contributed by atoms with Gasteiger partial charge in [-0.25, -0.2) is 19.9 Å². The first-order chi connectivity index (χ1) is 71.8. The maximum Gasteiger partial charge on any atom is 0.159 e. The number of imidazole rings is 4. The van der Waals surface area contributed by atoms with Gasteiger partial charge in [0.25, 0.3) is 0 Å². The molecule has 35 heteroatoms. The number of hydrogen-bond donors (Lipinski definition) is 13. The van der Waals surface area contributed by atoms with E-state index in [4.69, 9.17) is 19.9 Å². The molecule has 0 radical (unpaired) electrons. The predicted octanol–water partition coefficient (Wildman–Crippen LogP) is 16.3. The number of nitrogens with one attached hydrogen (secondary N) is 10. The quantitative estimate of drug-likeness (QED) is 0.0337. The number of aliphatic hydroxyl groups is 3. The van der Waals surface area contributed by atoms with Gasteiger partial charge < -0.3 is 60.6 Å². The van der Waals surface area contributed by atoms with E-state index < -0.39 is 0 Å². The zero-order valence-corrected chi connectivity index (χ0v) is 82.2. The van der Waals surface area contributed by atoms with E-state index in [0.29, 0.717) is 11.8 Å². The zero-order valence-electron chi connectivity index (χ0n) is 82.2. The van der Waals surface area contributed by atoms with Crippen molar-refractivity contribution in [3.05, 3.63) is 230 Å². The van der Waals surface area contributed by atoms with Crippen molar-refractivity contribution in [2.45, 2.75) is 146 Å². The number of aliphatic hydroxyl groups excluding tert-OH is 3. The van der Waals surface area contributed by atoms with Crippen LogP contribution in [0.15, 0.2) is 196 Å². The van der Waals surface area contributed by atoms with Crippen molar-refractivity contribution in [2.75, 3.05) is 116 Å². The molecule has 0 atom stereocenters. The summed E-state index contributed by atoms with van der Waals surface area (Å²) in [5.41, 5.74) is 32.6. The predicted molar refractivity (Wildman–Crippen MR) is 570 cm³/mol. The fraction of sp³-hybridized carbons (Fsp3) is 0.351. The number of piperazine rings is 2. The van der Waals surface area contributed by atoms with E-state index in [0.717, 1.165) is 357 Å². The highest BCUT2D eigenvalue weighted by Gasteiger charge is 2.31. The molecule has 21 heterocycles. The first-order valence-electron chi connectivity index (χ1n) is 51.6. The largest absolute Gasteiger partial charge is 0.393 e. The molecule has 0 spiro atoms. The van der Waals surface area contributed by atoms with Gasteiger partial charge in [-0.2, -0.15) is 20.4 Å². The second kappa shape index (κ2) is 41.7. The molecule has 27 rings (SSSR count). The Hall–Kier alpha value is -14.9. The molecule has 5 saturated heterocycles. The van der Waals surface area contributed by atoms with Crippen LogP contribution < -0.4 is 20.4 Å². The third-order valence-corrected chi connectivity index (χ3v) is 30.1. The number of piperidine rings is 2. The number of hydrogen-bond acceptors (Lipinski definition) is 27. The van der Waals surface area contributed by atoms with Gasteiger partial charge in [0, 0.05) is 209 Å². The zero-order chi connectivity index (χ0) is 98.1. The Balaban J connectivity index is 0.000000104. The highest BCUT2D eigenvalue weighted by molar-refractivity contribution is 6.01. The number of aromatic amines is 8. The fourth-order valence-corrected chi connectivity index (χ4v) is 22.1. The SMILES string of the molecule is CN(C)Cc1cncc(-c2ccc3[nH]nc(-c4nc5c(C6CCC(O)CC6)cncc5[nH]4)c3c2)c1.OC1CCC(c2cncc3[nH]c(-c4n[nH]c5ccc(-c6cncc(CN7CCC7)c6)cc45)nc23)CC1.OC1CCN(Cc2cncc(-c3ccc4[nH]nc(-c5nc6c(N7CCNCC7)cncc6[nH]5)c4c3)c2)CC1.c1ncc(-c2ccc3[nH]nc(-c4nc5c(N6CCNCC6)cncc5[nH]4)c3c2)cc1CN1CCCCC1. The second-order valence-corrected chi connectivity index (χ2v) is 40.6. The van der Waals surface area contributed by atoms with Crippen LogP contribution in [0.5, 0.6) is 0 Å². The van der Waals surface area contributed by atoms with Gasteiger partial charge in [-0.1, -0.05) is 30.7 Å². The van der Waals surface area contributed by atoms with Gasteiger partial charge in [-0.05, 0) is 253 Å². The van der Waals surface area contributed by atoms with Crippen LogP contribution in [0, 0.1) is 0 Å². The molecule has 7 aliphatic rings. The number of anilines is 2. The minimum Gasteiger partial charge on any atom is -0.393 e. The Bertz CT molecular complexity index is 8020. The number of likely N-dealkylation sites (tertiary alicyclic amines) is 3. The molecule has 2 aliphatic carbocycles. The molecule has 16 aromatic heterocycles. The normalized spacial score (nSPS) is 18.5. The molecule has 35 nitrogen and oxygen atoms in total. The third kappa shape index (κ3) is 20.0. The number of pyridine rings is 8. The molecule has 0 bridgehead atoms. The van der Waals surface area contributed by atoms with E-state index in [9.17, 15) is 15.3 Å². The summed E-state index contributed by atoms with van der Waals surface area (Å²) in [5, 5.41) is 71.8. The summed E-state index contributed by atoms with van der Waals surface area (Å²) in [6, 6.07) is 34.3. The molecular formula is C111H120N32O3. The van der Waals surface area contributed by atoms with Gasteiger partial charge in [0.15, 0.2) is 23.3 Å². The lowest BCUT2D eigenvalue weighted by Gasteiger charge is -2.30. The van der Waals surface area contributed by atoms with E-state index in [1.165, 1.54) is 74.1 Å². The summed E-state index contributed by atoms with van der Waals surface area (Å²) in [5.74, 6) is 3.69. The van der Waals surface area contributed by atoms with Crippen molar-refractivity contribution in [3.8, 4) is 90.6 Å². The molecule has 7 fully saturated rings. The van der Waals surface area contributed by atoms with Crippen LogP contribution in [-0.4, -0.2) is 279 Å². The minimum absolute atomic E-state index is 0.164. The monoisotopic (exact) mass is 1950 g/mol. The summed E-state index contributed by atoms with van der Waals surface area (Å²) in [6.07, 6.45) is 44.1. The van der Waals surface area contributed by atoms with Gasteiger partial charge in [0.2, 0.25) is 0 Å². The summed E-state index contributed by atoms with van der Waals surface area (Å²) in [4.78, 5) is 84.0. The lowest BCUT2D eigenvalue weighted by Crippen LogP contribution is -2.43. The van der Waals surface area contributed by atoms with Gasteiger partial charge in [-0.3, -0.25) is 75.0 Å². The second-order valence-electron chi connectivity index (χ2n) is 40.6. The maximum atomic E-state index is 9.93.